The fourth-order valence-electron chi connectivity index (χ4n) is 6.39. The zero-order valence-electron chi connectivity index (χ0n) is 34.3. The Kier molecular flexibility index (Phi) is 18.7. The molecule has 0 aliphatic carbocycles. The number of carbonyl (C=O) groups is 1. The van der Waals surface area contributed by atoms with E-state index in [1.54, 1.807) is 14.2 Å². The van der Waals surface area contributed by atoms with Gasteiger partial charge in [-0.2, -0.15) is 0 Å². The number of aliphatic carboxylic acids is 1. The van der Waals surface area contributed by atoms with Crippen molar-refractivity contribution >= 4 is 14.3 Å². The van der Waals surface area contributed by atoms with Gasteiger partial charge in [-0.05, 0) is 87.2 Å². The fraction of sp³-hybridized carbons (Fsp3) is 0.578. The SMILES string of the molecule is C=C(CC(/C=C/C[C@H](OCc1ccc(OC)cc1)C(/C=C/[C@@H]1CC(C)=CCO1)OC)O[Si](C)(C)C(C)(C)C)C[C@H](C)C[C@@H]1CC=C[C@@H](CC#CC(=O)O)O1. The van der Waals surface area contributed by atoms with Gasteiger partial charge in [-0.25, -0.2) is 4.79 Å². The van der Waals surface area contributed by atoms with Crippen LogP contribution in [-0.4, -0.2) is 76.8 Å². The predicted molar refractivity (Wildman–Crippen MR) is 220 cm³/mol. The van der Waals surface area contributed by atoms with Crippen LogP contribution < -0.4 is 4.74 Å². The highest BCUT2D eigenvalue weighted by Gasteiger charge is 2.39. The summed E-state index contributed by atoms with van der Waals surface area (Å²) in [5.41, 5.74) is 3.53. The zero-order chi connectivity index (χ0) is 39.7. The molecule has 3 rings (SSSR count). The van der Waals surface area contributed by atoms with Crippen LogP contribution in [0.25, 0.3) is 0 Å². The van der Waals surface area contributed by atoms with Crippen LogP contribution in [0.1, 0.15) is 85.1 Å². The van der Waals surface area contributed by atoms with Crippen LogP contribution in [0.5, 0.6) is 5.75 Å². The van der Waals surface area contributed by atoms with Gasteiger partial charge < -0.3 is 33.2 Å². The molecule has 0 radical (unpaired) electrons. The molecular formula is C45H66O8Si. The molecule has 298 valence electrons. The summed E-state index contributed by atoms with van der Waals surface area (Å²) in [4.78, 5) is 10.8. The molecule has 54 heavy (non-hydrogen) atoms. The Balaban J connectivity index is 1.72. The molecule has 0 saturated heterocycles. The highest BCUT2D eigenvalue weighted by Crippen LogP contribution is 2.38. The van der Waals surface area contributed by atoms with Gasteiger partial charge in [-0.1, -0.05) is 106 Å². The van der Waals surface area contributed by atoms with Gasteiger partial charge in [-0.3, -0.25) is 0 Å². The van der Waals surface area contributed by atoms with E-state index in [4.69, 9.17) is 33.2 Å². The Morgan fingerprint density at radius 2 is 1.89 bits per heavy atom. The first-order valence-corrected chi connectivity index (χ1v) is 22.3. The first-order valence-electron chi connectivity index (χ1n) is 19.4. The third-order valence-corrected chi connectivity index (χ3v) is 14.9. The molecule has 2 aliphatic rings. The van der Waals surface area contributed by atoms with Crippen LogP contribution in [-0.2, 0) is 34.8 Å². The van der Waals surface area contributed by atoms with E-state index in [1.807, 2.05) is 30.3 Å². The van der Waals surface area contributed by atoms with Gasteiger partial charge in [0.15, 0.2) is 8.32 Å². The lowest BCUT2D eigenvalue weighted by atomic mass is 9.91. The Hall–Kier alpha value is -3.23. The Morgan fingerprint density at radius 1 is 1.15 bits per heavy atom. The second kappa shape index (κ2) is 22.4. The molecule has 0 aromatic heterocycles. The van der Waals surface area contributed by atoms with E-state index < -0.39 is 14.3 Å². The van der Waals surface area contributed by atoms with Gasteiger partial charge in [0, 0.05) is 19.5 Å². The lowest BCUT2D eigenvalue weighted by Crippen LogP contribution is -2.43. The fourth-order valence-corrected chi connectivity index (χ4v) is 7.67. The van der Waals surface area contributed by atoms with E-state index in [0.717, 1.165) is 49.0 Å². The maximum Gasteiger partial charge on any atom is 0.381 e. The van der Waals surface area contributed by atoms with Crippen LogP contribution in [0.2, 0.25) is 18.1 Å². The zero-order valence-corrected chi connectivity index (χ0v) is 35.3. The lowest BCUT2D eigenvalue weighted by molar-refractivity contribution is -0.130. The Labute approximate surface area is 326 Å². The van der Waals surface area contributed by atoms with Gasteiger partial charge in [0.05, 0.1) is 50.8 Å². The molecule has 1 aromatic carbocycles. The van der Waals surface area contributed by atoms with Crippen molar-refractivity contribution in [2.75, 3.05) is 20.8 Å². The van der Waals surface area contributed by atoms with Gasteiger partial charge in [0.2, 0.25) is 0 Å². The number of hydrogen-bond acceptors (Lipinski definition) is 7. The summed E-state index contributed by atoms with van der Waals surface area (Å²) in [5, 5.41) is 8.89. The monoisotopic (exact) mass is 762 g/mol. The maximum atomic E-state index is 10.8. The smallest absolute Gasteiger partial charge is 0.381 e. The van der Waals surface area contributed by atoms with Crippen molar-refractivity contribution in [1.29, 1.82) is 0 Å². The number of ether oxygens (including phenoxy) is 5. The molecular weight excluding hydrogens is 697 g/mol. The summed E-state index contributed by atoms with van der Waals surface area (Å²) in [6, 6.07) is 7.95. The Morgan fingerprint density at radius 3 is 2.54 bits per heavy atom. The second-order valence-electron chi connectivity index (χ2n) is 16.3. The second-order valence-corrected chi connectivity index (χ2v) is 21.0. The van der Waals surface area contributed by atoms with E-state index in [-0.39, 0.29) is 41.7 Å². The molecule has 1 aromatic rings. The third-order valence-electron chi connectivity index (χ3n) is 10.4. The average Bonchev–Trinajstić information content (AvgIpc) is 3.10. The highest BCUT2D eigenvalue weighted by molar-refractivity contribution is 6.74. The first-order chi connectivity index (χ1) is 25.6. The number of carboxylic acids is 1. The summed E-state index contributed by atoms with van der Waals surface area (Å²) in [6.45, 7) is 21.3. The van der Waals surface area contributed by atoms with Crippen LogP contribution in [0.15, 0.2) is 84.5 Å². The molecule has 2 heterocycles. The summed E-state index contributed by atoms with van der Waals surface area (Å²) in [7, 11) is 1.28. The topological polar surface area (TPSA) is 92.7 Å². The standard InChI is InChI=1S/C45H66O8Si/c1-33-26-27-50-39(29-33)24-25-42(49-8)43(51-32-36-20-22-37(48-7)23-21-36)18-12-17-41(53-54(9,10)45(4,5)6)31-35(3)28-34(2)30-40-16-11-14-38(52-40)15-13-19-44(46)47/h11-12,14,17,20-26,34,38-43H,3,15-16,18,27-32H2,1-2,4-10H3,(H,46,47)/b17-12+,25-24+/t34-,38-,39+,40-,41?,42?,43-/m0/s1. The van der Waals surface area contributed by atoms with E-state index in [9.17, 15) is 4.79 Å². The average molecular weight is 763 g/mol. The molecule has 0 bridgehead atoms. The molecule has 1 N–H and O–H groups in total. The quantitative estimate of drug-likeness (QED) is 0.0798. The van der Waals surface area contributed by atoms with Crippen LogP contribution >= 0.6 is 0 Å². The summed E-state index contributed by atoms with van der Waals surface area (Å²) < 4.78 is 37.2. The van der Waals surface area contributed by atoms with Crippen molar-refractivity contribution in [3.05, 3.63) is 90.1 Å². The Bertz CT molecular complexity index is 1510. The molecule has 2 unspecified atom stereocenters. The minimum absolute atomic E-state index is 0.0156. The van der Waals surface area contributed by atoms with Crippen LogP contribution in [0.3, 0.4) is 0 Å². The predicted octanol–water partition coefficient (Wildman–Crippen LogP) is 9.78. The van der Waals surface area contributed by atoms with Crippen molar-refractivity contribution in [2.24, 2.45) is 5.92 Å². The molecule has 2 aliphatic heterocycles. The lowest BCUT2D eigenvalue weighted by Gasteiger charge is -2.39. The number of rotatable bonds is 20. The van der Waals surface area contributed by atoms with Crippen LogP contribution in [0.4, 0.5) is 0 Å². The number of hydrogen-bond donors (Lipinski definition) is 1. The van der Waals surface area contributed by atoms with Gasteiger partial charge in [0.25, 0.3) is 0 Å². The first kappa shape index (κ1) is 45.2. The number of benzene rings is 1. The molecule has 9 heteroatoms. The van der Waals surface area contributed by atoms with Gasteiger partial charge >= 0.3 is 5.97 Å². The van der Waals surface area contributed by atoms with Crippen LogP contribution in [0, 0.1) is 17.8 Å². The van der Waals surface area contributed by atoms with Crippen molar-refractivity contribution < 1.29 is 38.0 Å². The number of methoxy groups -OCH3 is 2. The van der Waals surface area contributed by atoms with Crippen molar-refractivity contribution in [3.8, 4) is 17.6 Å². The van der Waals surface area contributed by atoms with Crippen molar-refractivity contribution in [1.82, 2.24) is 0 Å². The summed E-state index contributed by atoms with van der Waals surface area (Å²) in [6.07, 6.45) is 19.2. The minimum atomic E-state index is -2.11. The van der Waals surface area contributed by atoms with E-state index in [2.05, 4.69) is 103 Å². The molecule has 8 nitrogen and oxygen atoms in total. The molecule has 0 saturated carbocycles. The summed E-state index contributed by atoms with van der Waals surface area (Å²) in [5.74, 6) is 4.93. The minimum Gasteiger partial charge on any atom is -0.497 e. The van der Waals surface area contributed by atoms with Gasteiger partial charge in [-0.15, -0.1) is 0 Å². The van der Waals surface area contributed by atoms with E-state index in [0.29, 0.717) is 32.0 Å². The highest BCUT2D eigenvalue weighted by atomic mass is 28.4. The molecule has 0 fully saturated rings. The van der Waals surface area contributed by atoms with Crippen molar-refractivity contribution in [3.63, 3.8) is 0 Å². The normalized spacial score (nSPS) is 21.6. The maximum absolute atomic E-state index is 10.8. The van der Waals surface area contributed by atoms with Gasteiger partial charge in [0.1, 0.15) is 11.9 Å². The number of carboxylic acid groups (broad SMARTS) is 1. The molecule has 7 atom stereocenters. The van der Waals surface area contributed by atoms with E-state index >= 15 is 0 Å². The third kappa shape index (κ3) is 16.2. The largest absolute Gasteiger partial charge is 0.497 e. The van der Waals surface area contributed by atoms with E-state index in [1.165, 1.54) is 5.57 Å². The molecule has 0 spiro atoms. The molecule has 0 amide bonds. The summed E-state index contributed by atoms with van der Waals surface area (Å²) >= 11 is 0. The van der Waals surface area contributed by atoms with Crippen molar-refractivity contribution in [2.45, 2.75) is 141 Å².